The lowest BCUT2D eigenvalue weighted by atomic mass is 10.1. The van der Waals surface area contributed by atoms with Gasteiger partial charge in [0.1, 0.15) is 12.3 Å². The van der Waals surface area contributed by atoms with Crippen LogP contribution < -0.4 is 13.9 Å². The highest BCUT2D eigenvalue weighted by Gasteiger charge is 2.33. The second-order valence-electron chi connectivity index (χ2n) is 6.41. The van der Waals surface area contributed by atoms with Gasteiger partial charge in [-0.3, -0.25) is 9.10 Å². The molecule has 0 saturated heterocycles. The van der Waals surface area contributed by atoms with Crippen LogP contribution in [-0.2, 0) is 21.2 Å². The summed E-state index contributed by atoms with van der Waals surface area (Å²) in [7, 11) is -2.07. The average Bonchev–Trinajstić information content (AvgIpc) is 2.94. The maximum Gasteiger partial charge on any atom is 0.248 e. The highest BCUT2D eigenvalue weighted by Crippen LogP contribution is 2.32. The molecule has 0 radical (unpaired) electrons. The summed E-state index contributed by atoms with van der Waals surface area (Å²) < 4.78 is 30.8. The Balaban J connectivity index is 1.89. The summed E-state index contributed by atoms with van der Waals surface area (Å²) >= 11 is 0. The van der Waals surface area contributed by atoms with Crippen molar-refractivity contribution in [3.05, 3.63) is 54.1 Å². The molecule has 1 amide bonds. The van der Waals surface area contributed by atoms with Gasteiger partial charge in [-0.1, -0.05) is 18.2 Å². The van der Waals surface area contributed by atoms with Crippen LogP contribution in [0, 0.1) is 0 Å². The van der Waals surface area contributed by atoms with Crippen LogP contribution in [0.2, 0.25) is 0 Å². The van der Waals surface area contributed by atoms with E-state index in [4.69, 9.17) is 4.74 Å². The van der Waals surface area contributed by atoms with Crippen molar-refractivity contribution in [2.24, 2.45) is 0 Å². The van der Waals surface area contributed by atoms with E-state index in [-0.39, 0.29) is 18.5 Å². The molecule has 2 aromatic carbocycles. The van der Waals surface area contributed by atoms with Crippen LogP contribution in [0.1, 0.15) is 12.5 Å². The maximum atomic E-state index is 13.0. The molecule has 1 aliphatic rings. The van der Waals surface area contributed by atoms with Crippen LogP contribution in [-0.4, -0.2) is 40.3 Å². The minimum Gasteiger partial charge on any atom is -0.497 e. The number of benzene rings is 2. The third-order valence-corrected chi connectivity index (χ3v) is 5.66. The second-order valence-corrected chi connectivity index (χ2v) is 8.32. The van der Waals surface area contributed by atoms with Crippen molar-refractivity contribution in [3.8, 4) is 5.75 Å². The van der Waals surface area contributed by atoms with E-state index >= 15 is 0 Å². The van der Waals surface area contributed by atoms with Crippen molar-refractivity contribution in [2.75, 3.05) is 29.1 Å². The fourth-order valence-electron chi connectivity index (χ4n) is 3.29. The van der Waals surface area contributed by atoms with Crippen LogP contribution in [0.5, 0.6) is 5.75 Å². The topological polar surface area (TPSA) is 66.9 Å². The number of sulfonamides is 1. The SMILES string of the molecule is COc1ccc(N(CC(=O)N2c3ccccc3C[C@@H]2C)S(C)(=O)=O)cc1. The number of anilines is 2. The van der Waals surface area contributed by atoms with E-state index in [1.807, 2.05) is 31.2 Å². The minimum atomic E-state index is -3.61. The van der Waals surface area contributed by atoms with E-state index in [2.05, 4.69) is 0 Å². The predicted molar refractivity (Wildman–Crippen MR) is 102 cm³/mol. The molecule has 7 heteroatoms. The molecule has 1 atom stereocenters. The Labute approximate surface area is 154 Å². The van der Waals surface area contributed by atoms with Crippen LogP contribution in [0.15, 0.2) is 48.5 Å². The highest BCUT2D eigenvalue weighted by molar-refractivity contribution is 7.92. The zero-order valence-corrected chi connectivity index (χ0v) is 15.9. The number of ether oxygens (including phenoxy) is 1. The number of rotatable bonds is 5. The Morgan fingerprint density at radius 3 is 2.46 bits per heavy atom. The third kappa shape index (κ3) is 3.53. The number of carbonyl (C=O) groups is 1. The Hall–Kier alpha value is -2.54. The lowest BCUT2D eigenvalue weighted by Gasteiger charge is -2.28. The summed E-state index contributed by atoms with van der Waals surface area (Å²) in [6.45, 7) is 1.72. The fourth-order valence-corrected chi connectivity index (χ4v) is 4.14. The zero-order valence-electron chi connectivity index (χ0n) is 15.0. The van der Waals surface area contributed by atoms with Gasteiger partial charge in [0.25, 0.3) is 0 Å². The lowest BCUT2D eigenvalue weighted by Crippen LogP contribution is -2.45. The number of para-hydroxylation sites is 1. The molecule has 0 aliphatic carbocycles. The quantitative estimate of drug-likeness (QED) is 0.806. The molecule has 0 unspecified atom stereocenters. The Morgan fingerprint density at radius 1 is 1.19 bits per heavy atom. The molecule has 0 fully saturated rings. The van der Waals surface area contributed by atoms with Gasteiger partial charge in [0.15, 0.2) is 0 Å². The number of amides is 1. The standard InChI is InChI=1S/C19H22N2O4S/c1-14-12-15-6-4-5-7-18(15)21(14)19(22)13-20(26(3,23)24)16-8-10-17(25-2)11-9-16/h4-11,14H,12-13H2,1-3H3/t14-/m0/s1. The first-order valence-corrected chi connectivity index (χ1v) is 10.2. The number of hydrogen-bond acceptors (Lipinski definition) is 4. The van der Waals surface area contributed by atoms with E-state index < -0.39 is 10.0 Å². The monoisotopic (exact) mass is 374 g/mol. The second kappa shape index (κ2) is 6.99. The predicted octanol–water partition coefficient (Wildman–Crippen LogP) is 2.44. The zero-order chi connectivity index (χ0) is 18.9. The Morgan fingerprint density at radius 2 is 1.85 bits per heavy atom. The van der Waals surface area contributed by atoms with Gasteiger partial charge in [-0.05, 0) is 49.2 Å². The molecule has 3 rings (SSSR count). The van der Waals surface area contributed by atoms with E-state index in [1.165, 1.54) is 0 Å². The molecule has 0 N–H and O–H groups in total. The molecule has 0 saturated carbocycles. The number of carbonyl (C=O) groups excluding carboxylic acids is 1. The first-order chi connectivity index (χ1) is 12.3. The van der Waals surface area contributed by atoms with Gasteiger partial charge in [0, 0.05) is 11.7 Å². The molecule has 26 heavy (non-hydrogen) atoms. The summed E-state index contributed by atoms with van der Waals surface area (Å²) in [6.07, 6.45) is 1.87. The first-order valence-electron chi connectivity index (χ1n) is 8.33. The van der Waals surface area contributed by atoms with E-state index in [0.717, 1.165) is 28.2 Å². The fraction of sp³-hybridized carbons (Fsp3) is 0.316. The number of methoxy groups -OCH3 is 1. The molecular weight excluding hydrogens is 352 g/mol. The molecule has 1 heterocycles. The van der Waals surface area contributed by atoms with Crippen molar-refractivity contribution in [1.29, 1.82) is 0 Å². The normalized spacial score (nSPS) is 16.3. The van der Waals surface area contributed by atoms with Gasteiger partial charge in [0.2, 0.25) is 15.9 Å². The highest BCUT2D eigenvalue weighted by atomic mass is 32.2. The average molecular weight is 374 g/mol. The van der Waals surface area contributed by atoms with Crippen molar-refractivity contribution in [3.63, 3.8) is 0 Å². The number of nitrogens with zero attached hydrogens (tertiary/aromatic N) is 2. The summed E-state index contributed by atoms with van der Waals surface area (Å²) in [5, 5.41) is 0. The lowest BCUT2D eigenvalue weighted by molar-refractivity contribution is -0.117. The minimum absolute atomic E-state index is 0.00261. The Kier molecular flexibility index (Phi) is 4.91. The number of fused-ring (bicyclic) bond motifs is 1. The number of hydrogen-bond donors (Lipinski definition) is 0. The molecule has 0 bridgehead atoms. The third-order valence-electron chi connectivity index (χ3n) is 4.52. The van der Waals surface area contributed by atoms with Crippen molar-refractivity contribution in [1.82, 2.24) is 0 Å². The van der Waals surface area contributed by atoms with Crippen molar-refractivity contribution < 1.29 is 17.9 Å². The molecule has 0 spiro atoms. The van der Waals surface area contributed by atoms with Gasteiger partial charge in [-0.15, -0.1) is 0 Å². The molecule has 2 aromatic rings. The molecule has 0 aromatic heterocycles. The van der Waals surface area contributed by atoms with Gasteiger partial charge in [-0.25, -0.2) is 8.42 Å². The largest absolute Gasteiger partial charge is 0.497 e. The van der Waals surface area contributed by atoms with E-state index in [0.29, 0.717) is 11.4 Å². The smallest absolute Gasteiger partial charge is 0.248 e. The maximum absolute atomic E-state index is 13.0. The molecule has 1 aliphatic heterocycles. The first kappa shape index (κ1) is 18.3. The van der Waals surface area contributed by atoms with Crippen molar-refractivity contribution in [2.45, 2.75) is 19.4 Å². The molecule has 138 valence electrons. The van der Waals surface area contributed by atoms with Crippen LogP contribution >= 0.6 is 0 Å². The summed E-state index contributed by atoms with van der Waals surface area (Å²) in [5.41, 5.74) is 2.39. The van der Waals surface area contributed by atoms with Gasteiger partial charge >= 0.3 is 0 Å². The van der Waals surface area contributed by atoms with Crippen LogP contribution in [0.4, 0.5) is 11.4 Å². The molecule has 6 nitrogen and oxygen atoms in total. The van der Waals surface area contributed by atoms with Crippen molar-refractivity contribution >= 4 is 27.3 Å². The van der Waals surface area contributed by atoms with Crippen LogP contribution in [0.25, 0.3) is 0 Å². The summed E-state index contributed by atoms with van der Waals surface area (Å²) in [5.74, 6) is 0.374. The van der Waals surface area contributed by atoms with Gasteiger partial charge in [0.05, 0.1) is 19.1 Å². The summed E-state index contributed by atoms with van der Waals surface area (Å²) in [6, 6.07) is 14.3. The Bertz CT molecular complexity index is 909. The summed E-state index contributed by atoms with van der Waals surface area (Å²) in [4.78, 5) is 14.7. The molecular formula is C19H22N2O4S. The van der Waals surface area contributed by atoms with E-state index in [9.17, 15) is 13.2 Å². The van der Waals surface area contributed by atoms with Crippen LogP contribution in [0.3, 0.4) is 0 Å². The van der Waals surface area contributed by atoms with Gasteiger partial charge in [-0.2, -0.15) is 0 Å². The van der Waals surface area contributed by atoms with E-state index in [1.54, 1.807) is 36.3 Å². The van der Waals surface area contributed by atoms with Gasteiger partial charge < -0.3 is 9.64 Å².